The van der Waals surface area contributed by atoms with E-state index in [1.165, 1.54) is 0 Å². The van der Waals surface area contributed by atoms with Gasteiger partial charge in [-0.15, -0.1) is 0 Å². The van der Waals surface area contributed by atoms with E-state index in [1.807, 2.05) is 0 Å². The number of benzene rings is 2. The summed E-state index contributed by atoms with van der Waals surface area (Å²) in [5.41, 5.74) is 13.2. The lowest BCUT2D eigenvalue weighted by molar-refractivity contribution is 0.557. The highest BCUT2D eigenvalue weighted by Crippen LogP contribution is 2.33. The maximum Gasteiger partial charge on any atom is 0.345 e. The molecule has 2 aromatic heterocycles. The van der Waals surface area contributed by atoms with Crippen LogP contribution >= 0.6 is 0 Å². The second kappa shape index (κ2) is 5.01. The molecule has 0 spiro atoms. The van der Waals surface area contributed by atoms with Gasteiger partial charge in [0.1, 0.15) is 5.58 Å². The molecule has 4 aromatic rings. The van der Waals surface area contributed by atoms with Crippen LogP contribution in [0.3, 0.4) is 0 Å². The van der Waals surface area contributed by atoms with Crippen molar-refractivity contribution in [1.29, 1.82) is 0 Å². The normalized spacial score (nSPS) is 11.4. The number of hydrogen-bond acceptors (Lipinski definition) is 7. The maximum atomic E-state index is 12.7. The van der Waals surface area contributed by atoms with Crippen LogP contribution in [-0.4, -0.2) is 7.05 Å². The van der Waals surface area contributed by atoms with E-state index in [9.17, 15) is 9.59 Å². The van der Waals surface area contributed by atoms with E-state index in [-0.39, 0.29) is 16.4 Å². The Bertz CT molecular complexity index is 1300. The molecule has 2 heterocycles. The van der Waals surface area contributed by atoms with Gasteiger partial charge in [0, 0.05) is 29.2 Å². The monoisotopic (exact) mass is 337 g/mol. The highest BCUT2D eigenvalue weighted by Gasteiger charge is 2.19. The fourth-order valence-corrected chi connectivity index (χ4v) is 3.24. The van der Waals surface area contributed by atoms with E-state index in [1.54, 1.807) is 38.2 Å². The largest absolute Gasteiger partial charge is 0.422 e. The second-order valence-corrected chi connectivity index (χ2v) is 5.94. The van der Waals surface area contributed by atoms with Crippen LogP contribution in [0.2, 0.25) is 0 Å². The van der Waals surface area contributed by atoms with E-state index in [4.69, 9.17) is 20.3 Å². The molecule has 0 bridgehead atoms. The first-order chi connectivity index (χ1) is 11.9. The predicted octanol–water partition coefficient (Wildman–Crippen LogP) is 2.57. The van der Waals surface area contributed by atoms with Gasteiger partial charge in [0.25, 0.3) is 0 Å². The van der Waals surface area contributed by atoms with Crippen LogP contribution in [0.5, 0.6) is 0 Å². The van der Waals surface area contributed by atoms with Crippen molar-refractivity contribution in [3.05, 3.63) is 50.7 Å². The summed E-state index contributed by atoms with van der Waals surface area (Å²) in [6, 6.07) is 6.49. The predicted molar refractivity (Wildman–Crippen MR) is 99.1 cm³/mol. The Kier molecular flexibility index (Phi) is 3.02. The molecule has 0 saturated heterocycles. The third kappa shape index (κ3) is 2.06. The number of nitrogen functional groups attached to an aromatic ring is 2. The Labute approximate surface area is 140 Å². The topological polar surface area (TPSA) is 124 Å². The summed E-state index contributed by atoms with van der Waals surface area (Å²) < 4.78 is 11.0. The summed E-state index contributed by atoms with van der Waals surface area (Å²) in [6.45, 7) is 1.76. The number of aryl methyl sites for hydroxylation is 1. The molecule has 7 heteroatoms. The zero-order valence-corrected chi connectivity index (χ0v) is 13.6. The molecule has 7 nitrogen and oxygen atoms in total. The Hall–Kier alpha value is -3.48. The Morgan fingerprint density at radius 1 is 0.840 bits per heavy atom. The van der Waals surface area contributed by atoms with E-state index in [0.29, 0.717) is 39.0 Å². The summed E-state index contributed by atoms with van der Waals surface area (Å²) in [5.74, 6) is 0. The average molecular weight is 337 g/mol. The van der Waals surface area contributed by atoms with Gasteiger partial charge in [-0.05, 0) is 36.8 Å². The van der Waals surface area contributed by atoms with Crippen molar-refractivity contribution >= 4 is 49.8 Å². The molecule has 2 aromatic carbocycles. The summed E-state index contributed by atoms with van der Waals surface area (Å²) in [6.07, 6.45) is 0. The molecule has 0 unspecified atom stereocenters. The molecular formula is C18H15N3O4. The molecule has 0 amide bonds. The molecule has 0 aliphatic heterocycles. The fraction of sp³-hybridized carbons (Fsp3) is 0.111. The molecule has 0 fully saturated rings. The van der Waals surface area contributed by atoms with Gasteiger partial charge >= 0.3 is 11.3 Å². The quantitative estimate of drug-likeness (QED) is 0.277. The van der Waals surface area contributed by atoms with Gasteiger partial charge in [0.15, 0.2) is 5.58 Å². The van der Waals surface area contributed by atoms with Crippen molar-refractivity contribution in [2.45, 2.75) is 6.92 Å². The third-order valence-corrected chi connectivity index (χ3v) is 4.26. The molecule has 0 aliphatic carbocycles. The summed E-state index contributed by atoms with van der Waals surface area (Å²) in [5, 5.41) is 4.04. The zero-order valence-electron chi connectivity index (χ0n) is 13.6. The second-order valence-electron chi connectivity index (χ2n) is 5.94. The summed E-state index contributed by atoms with van der Waals surface area (Å²) in [7, 11) is 1.67. The Balaban J connectivity index is 2.40. The van der Waals surface area contributed by atoms with Crippen LogP contribution in [0, 0.1) is 6.92 Å². The van der Waals surface area contributed by atoms with Gasteiger partial charge in [0.05, 0.1) is 16.5 Å². The van der Waals surface area contributed by atoms with Crippen molar-refractivity contribution in [3.8, 4) is 0 Å². The molecule has 4 rings (SSSR count). The number of anilines is 3. The lowest BCUT2D eigenvalue weighted by Crippen LogP contribution is -2.10. The van der Waals surface area contributed by atoms with E-state index in [0.717, 1.165) is 0 Å². The summed E-state index contributed by atoms with van der Waals surface area (Å²) in [4.78, 5) is 25.4. The smallest absolute Gasteiger partial charge is 0.345 e. The van der Waals surface area contributed by atoms with E-state index >= 15 is 0 Å². The molecule has 126 valence electrons. The minimum atomic E-state index is -0.633. The molecule has 0 atom stereocenters. The minimum absolute atomic E-state index is 0.132. The van der Waals surface area contributed by atoms with Gasteiger partial charge in [-0.1, -0.05) is 0 Å². The maximum absolute atomic E-state index is 12.7. The van der Waals surface area contributed by atoms with Gasteiger partial charge in [0.2, 0.25) is 0 Å². The van der Waals surface area contributed by atoms with Crippen molar-refractivity contribution < 1.29 is 8.83 Å². The number of nitrogens with one attached hydrogen (secondary N) is 1. The first kappa shape index (κ1) is 15.1. The highest BCUT2D eigenvalue weighted by molar-refractivity contribution is 6.16. The third-order valence-electron chi connectivity index (χ3n) is 4.26. The number of fused-ring (bicyclic) bond motifs is 5. The van der Waals surface area contributed by atoms with Crippen molar-refractivity contribution in [1.82, 2.24) is 0 Å². The minimum Gasteiger partial charge on any atom is -0.422 e. The Morgan fingerprint density at radius 3 is 1.96 bits per heavy atom. The number of rotatable bonds is 1. The number of hydrogen-bond donors (Lipinski definition) is 3. The van der Waals surface area contributed by atoms with Gasteiger partial charge in [-0.2, -0.15) is 0 Å². The molecule has 25 heavy (non-hydrogen) atoms. The number of nitrogens with two attached hydrogens (primary N) is 2. The lowest BCUT2D eigenvalue weighted by atomic mass is 10.0. The zero-order chi connectivity index (χ0) is 17.9. The fourth-order valence-electron chi connectivity index (χ4n) is 3.24. The summed E-state index contributed by atoms with van der Waals surface area (Å²) >= 11 is 0. The van der Waals surface area contributed by atoms with Crippen LogP contribution in [-0.2, 0) is 0 Å². The SMILES string of the molecule is CNc1cc(N)cc2c1oc(=O)c1c3cc(N)cc(C)c3oc(=O)c21. The average Bonchev–Trinajstić information content (AvgIpc) is 2.55. The van der Waals surface area contributed by atoms with Gasteiger partial charge < -0.3 is 25.6 Å². The molecule has 0 aliphatic rings. The Morgan fingerprint density at radius 2 is 1.36 bits per heavy atom. The molecule has 0 radical (unpaired) electrons. The highest BCUT2D eigenvalue weighted by atomic mass is 16.4. The van der Waals surface area contributed by atoms with Gasteiger partial charge in [-0.25, -0.2) is 9.59 Å². The van der Waals surface area contributed by atoms with E-state index in [2.05, 4.69) is 5.32 Å². The van der Waals surface area contributed by atoms with E-state index < -0.39 is 11.3 Å². The van der Waals surface area contributed by atoms with Crippen LogP contribution < -0.4 is 28.0 Å². The molecule has 5 N–H and O–H groups in total. The van der Waals surface area contributed by atoms with Crippen LogP contribution in [0.15, 0.2) is 42.7 Å². The first-order valence-corrected chi connectivity index (χ1v) is 7.61. The van der Waals surface area contributed by atoms with Crippen molar-refractivity contribution in [2.24, 2.45) is 0 Å². The lowest BCUT2D eigenvalue weighted by Gasteiger charge is -2.10. The van der Waals surface area contributed by atoms with Gasteiger partial charge in [-0.3, -0.25) is 0 Å². The molecular weight excluding hydrogens is 322 g/mol. The van der Waals surface area contributed by atoms with Crippen molar-refractivity contribution in [3.63, 3.8) is 0 Å². The first-order valence-electron chi connectivity index (χ1n) is 7.61. The van der Waals surface area contributed by atoms with Crippen molar-refractivity contribution in [2.75, 3.05) is 23.8 Å². The van der Waals surface area contributed by atoms with Crippen LogP contribution in [0.4, 0.5) is 17.1 Å². The molecule has 0 saturated carbocycles. The standard InChI is InChI=1S/C18H15N3O4/c1-7-3-8(19)4-10-13-14(17(22)24-15(7)10)11-5-9(20)6-12(21-2)16(11)25-18(13)23/h3-6,21H,19-20H2,1-2H3. The van der Waals surface area contributed by atoms with Crippen LogP contribution in [0.1, 0.15) is 5.56 Å². The van der Waals surface area contributed by atoms with Crippen LogP contribution in [0.25, 0.3) is 32.7 Å².